The van der Waals surface area contributed by atoms with Crippen LogP contribution in [-0.4, -0.2) is 34.9 Å². The van der Waals surface area contributed by atoms with Crippen LogP contribution in [0.4, 0.5) is 11.5 Å². The van der Waals surface area contributed by atoms with Crippen LogP contribution in [-0.2, 0) is 19.7 Å². The summed E-state index contributed by atoms with van der Waals surface area (Å²) in [6.45, 7) is 4.36. The summed E-state index contributed by atoms with van der Waals surface area (Å²) in [7, 11) is -4.02. The average Bonchev–Trinajstić information content (AvgIpc) is 2.84. The SMILES string of the molecule is C#Cc1cccc(Nc2ncnc3cc(OC(C)=O)c(OC(C)=O)cc23)c1.Cc1ccc(S(=O)(=O)O)cc1. The lowest BCUT2D eigenvalue weighted by Gasteiger charge is -2.12. The van der Waals surface area contributed by atoms with Crippen LogP contribution in [0.15, 0.2) is 71.9 Å². The van der Waals surface area contributed by atoms with E-state index in [1.165, 1.54) is 38.4 Å². The minimum absolute atomic E-state index is 0.0666. The van der Waals surface area contributed by atoms with Gasteiger partial charge < -0.3 is 14.8 Å². The molecule has 0 amide bonds. The van der Waals surface area contributed by atoms with Crippen molar-refractivity contribution in [1.29, 1.82) is 0 Å². The lowest BCUT2D eigenvalue weighted by Crippen LogP contribution is -2.07. The number of fused-ring (bicyclic) bond motifs is 1. The Balaban J connectivity index is 0.000000304. The fourth-order valence-electron chi connectivity index (χ4n) is 3.17. The van der Waals surface area contributed by atoms with Crippen LogP contribution < -0.4 is 14.8 Å². The van der Waals surface area contributed by atoms with Crippen LogP contribution >= 0.6 is 0 Å². The molecule has 1 aromatic heterocycles. The molecule has 0 aliphatic heterocycles. The van der Waals surface area contributed by atoms with Gasteiger partial charge in [0, 0.05) is 36.6 Å². The molecule has 3 aromatic carbocycles. The van der Waals surface area contributed by atoms with Crippen molar-refractivity contribution in [3.63, 3.8) is 0 Å². The first kappa shape index (κ1) is 27.8. The number of aromatic nitrogens is 2. The van der Waals surface area contributed by atoms with Crippen LogP contribution in [0.3, 0.4) is 0 Å². The Morgan fingerprint density at radius 3 is 2.16 bits per heavy atom. The zero-order valence-electron chi connectivity index (χ0n) is 20.6. The highest BCUT2D eigenvalue weighted by Crippen LogP contribution is 2.35. The van der Waals surface area contributed by atoms with Crippen molar-refractivity contribution in [2.45, 2.75) is 25.7 Å². The smallest absolute Gasteiger partial charge is 0.308 e. The molecule has 0 unspecified atom stereocenters. The number of anilines is 2. The highest BCUT2D eigenvalue weighted by Gasteiger charge is 2.15. The van der Waals surface area contributed by atoms with E-state index in [9.17, 15) is 18.0 Å². The van der Waals surface area contributed by atoms with Crippen LogP contribution in [0.25, 0.3) is 10.9 Å². The maximum absolute atomic E-state index is 11.4. The lowest BCUT2D eigenvalue weighted by molar-refractivity contribution is -0.134. The molecule has 0 saturated carbocycles. The molecule has 38 heavy (non-hydrogen) atoms. The average molecular weight is 534 g/mol. The van der Waals surface area contributed by atoms with Crippen molar-refractivity contribution in [1.82, 2.24) is 9.97 Å². The fourth-order valence-corrected chi connectivity index (χ4v) is 3.65. The predicted molar refractivity (Wildman–Crippen MR) is 141 cm³/mol. The second-order valence-electron chi connectivity index (χ2n) is 7.86. The molecule has 10 nitrogen and oxygen atoms in total. The van der Waals surface area contributed by atoms with Crippen molar-refractivity contribution >= 4 is 44.5 Å². The molecule has 0 spiro atoms. The lowest BCUT2D eigenvalue weighted by atomic mass is 10.2. The van der Waals surface area contributed by atoms with Crippen LogP contribution in [0.5, 0.6) is 11.5 Å². The van der Waals surface area contributed by atoms with Crippen molar-refractivity contribution < 1.29 is 32.0 Å². The summed E-state index contributed by atoms with van der Waals surface area (Å²) in [6.07, 6.45) is 6.81. The molecule has 0 aliphatic carbocycles. The van der Waals surface area contributed by atoms with Gasteiger partial charge in [-0.2, -0.15) is 8.42 Å². The molecule has 0 saturated heterocycles. The van der Waals surface area contributed by atoms with E-state index in [2.05, 4.69) is 21.2 Å². The van der Waals surface area contributed by atoms with Crippen molar-refractivity contribution in [3.8, 4) is 23.8 Å². The van der Waals surface area contributed by atoms with Crippen molar-refractivity contribution in [2.75, 3.05) is 5.32 Å². The molecular weight excluding hydrogens is 510 g/mol. The van der Waals surface area contributed by atoms with Gasteiger partial charge in [0.1, 0.15) is 12.1 Å². The second-order valence-corrected chi connectivity index (χ2v) is 9.29. The van der Waals surface area contributed by atoms with E-state index >= 15 is 0 Å². The molecule has 1 heterocycles. The Labute approximate surface area is 219 Å². The maximum atomic E-state index is 11.4. The largest absolute Gasteiger partial charge is 0.423 e. The molecule has 0 radical (unpaired) electrons. The third-order valence-corrected chi connectivity index (χ3v) is 5.69. The second kappa shape index (κ2) is 12.0. The number of nitrogens with zero attached hydrogens (tertiary/aromatic N) is 2. The van der Waals surface area contributed by atoms with Gasteiger partial charge in [-0.15, -0.1) is 6.42 Å². The number of aryl methyl sites for hydroxylation is 1. The Hall–Kier alpha value is -4.79. The quantitative estimate of drug-likeness (QED) is 0.163. The number of rotatable bonds is 5. The molecule has 4 rings (SSSR count). The van der Waals surface area contributed by atoms with Gasteiger partial charge in [-0.25, -0.2) is 9.97 Å². The van der Waals surface area contributed by atoms with E-state index in [-0.39, 0.29) is 16.4 Å². The normalized spacial score (nSPS) is 10.5. The Kier molecular flexibility index (Phi) is 8.75. The summed E-state index contributed by atoms with van der Waals surface area (Å²) in [5.41, 5.74) is 2.92. The third-order valence-electron chi connectivity index (χ3n) is 4.82. The van der Waals surface area contributed by atoms with Crippen LogP contribution in [0.1, 0.15) is 25.0 Å². The minimum Gasteiger partial charge on any atom is -0.423 e. The van der Waals surface area contributed by atoms with Gasteiger partial charge in [0.15, 0.2) is 11.5 Å². The van der Waals surface area contributed by atoms with E-state index in [0.29, 0.717) is 16.7 Å². The van der Waals surface area contributed by atoms with E-state index in [1.807, 2.05) is 25.1 Å². The fraction of sp³-hybridized carbons (Fsp3) is 0.111. The van der Waals surface area contributed by atoms with E-state index in [1.54, 1.807) is 24.3 Å². The Morgan fingerprint density at radius 1 is 0.947 bits per heavy atom. The van der Waals surface area contributed by atoms with Gasteiger partial charge >= 0.3 is 11.9 Å². The van der Waals surface area contributed by atoms with Crippen LogP contribution in [0, 0.1) is 19.3 Å². The number of carbonyl (C=O) groups excluding carboxylic acids is 2. The first-order chi connectivity index (χ1) is 18.0. The number of hydrogen-bond donors (Lipinski definition) is 2. The zero-order chi connectivity index (χ0) is 27.9. The topological polar surface area (TPSA) is 145 Å². The standard InChI is InChI=1S/C20H15N3O4.C7H8O3S/c1-4-14-6-5-7-15(8-14)23-20-16-9-18(26-12(2)24)19(27-13(3)25)10-17(16)21-11-22-20;1-6-2-4-7(5-3-6)11(8,9)10/h1,5-11H,2-3H3,(H,21,22,23);2-5H,1H3,(H,8,9,10). The van der Waals surface area contributed by atoms with Crippen LogP contribution in [0.2, 0.25) is 0 Å². The zero-order valence-corrected chi connectivity index (χ0v) is 21.4. The number of terminal acetylenes is 1. The molecule has 2 N–H and O–H groups in total. The van der Waals surface area contributed by atoms with E-state index < -0.39 is 22.1 Å². The molecule has 0 bridgehead atoms. The summed E-state index contributed by atoms with van der Waals surface area (Å²) in [4.78, 5) is 31.1. The van der Waals surface area contributed by atoms with Crippen molar-refractivity contribution in [3.05, 3.63) is 78.1 Å². The van der Waals surface area contributed by atoms with Gasteiger partial charge in [0.05, 0.1) is 10.4 Å². The number of benzene rings is 3. The summed E-state index contributed by atoms with van der Waals surface area (Å²) in [5.74, 6) is 2.16. The van der Waals surface area contributed by atoms with Gasteiger partial charge in [0.2, 0.25) is 0 Å². The summed E-state index contributed by atoms with van der Waals surface area (Å²) < 4.78 is 39.8. The summed E-state index contributed by atoms with van der Waals surface area (Å²) >= 11 is 0. The van der Waals surface area contributed by atoms with E-state index in [4.69, 9.17) is 20.4 Å². The number of ether oxygens (including phenoxy) is 2. The first-order valence-corrected chi connectivity index (χ1v) is 12.4. The molecule has 11 heteroatoms. The van der Waals surface area contributed by atoms with Gasteiger partial charge in [-0.05, 0) is 43.3 Å². The highest BCUT2D eigenvalue weighted by atomic mass is 32.2. The molecule has 0 atom stereocenters. The van der Waals surface area contributed by atoms with Crippen molar-refractivity contribution in [2.24, 2.45) is 0 Å². The Morgan fingerprint density at radius 2 is 1.58 bits per heavy atom. The summed E-state index contributed by atoms with van der Waals surface area (Å²) in [5, 5.41) is 3.75. The predicted octanol–water partition coefficient (Wildman–Crippen LogP) is 4.45. The molecular formula is C27H23N3O7S. The highest BCUT2D eigenvalue weighted by molar-refractivity contribution is 7.85. The monoisotopic (exact) mass is 533 g/mol. The maximum Gasteiger partial charge on any atom is 0.308 e. The van der Waals surface area contributed by atoms with Gasteiger partial charge in [-0.3, -0.25) is 14.1 Å². The number of hydrogen-bond acceptors (Lipinski definition) is 9. The molecule has 4 aromatic rings. The number of carbonyl (C=O) groups is 2. The van der Waals surface area contributed by atoms with Gasteiger partial charge in [-0.1, -0.05) is 29.7 Å². The first-order valence-electron chi connectivity index (χ1n) is 11.0. The molecule has 0 aliphatic rings. The third kappa shape index (κ3) is 7.60. The van der Waals surface area contributed by atoms with Gasteiger partial charge in [0.25, 0.3) is 10.1 Å². The van der Waals surface area contributed by atoms with E-state index in [0.717, 1.165) is 16.8 Å². The number of esters is 2. The minimum atomic E-state index is -4.02. The molecule has 194 valence electrons. The Bertz CT molecular complexity index is 1640. The number of nitrogens with one attached hydrogen (secondary N) is 1. The summed E-state index contributed by atoms with van der Waals surface area (Å²) in [6, 6.07) is 16.3. The molecule has 0 fully saturated rings.